The summed E-state index contributed by atoms with van der Waals surface area (Å²) in [4.78, 5) is 7.85. The number of H-pyrrole nitrogens is 1. The highest BCUT2D eigenvalue weighted by Crippen LogP contribution is 2.26. The van der Waals surface area contributed by atoms with Gasteiger partial charge in [0.25, 0.3) is 0 Å². The molecule has 0 bridgehead atoms. The van der Waals surface area contributed by atoms with E-state index in [1.807, 2.05) is 13.8 Å². The molecule has 0 fully saturated rings. The highest BCUT2D eigenvalue weighted by Gasteiger charge is 2.28. The summed E-state index contributed by atoms with van der Waals surface area (Å²) in [6, 6.07) is 0. The van der Waals surface area contributed by atoms with Gasteiger partial charge in [0.05, 0.1) is 0 Å². The summed E-state index contributed by atoms with van der Waals surface area (Å²) in [5.41, 5.74) is 1.85. The van der Waals surface area contributed by atoms with E-state index >= 15 is 0 Å². The second-order valence-electron chi connectivity index (χ2n) is 4.37. The number of aromatic nitrogens is 2. The van der Waals surface area contributed by atoms with E-state index in [2.05, 4.69) is 30.7 Å². The Hall–Kier alpha value is -0.740. The van der Waals surface area contributed by atoms with Gasteiger partial charge in [0.2, 0.25) is 0 Å². The van der Waals surface area contributed by atoms with Gasteiger partial charge < -0.3 is 9.72 Å². The molecule has 1 rings (SSSR count). The molecule has 0 spiro atoms. The topological polar surface area (TPSA) is 37.9 Å². The molecule has 0 amide bonds. The fraction of sp³-hybridized carbons (Fsp3) is 0.692. The molecule has 1 heterocycles. The van der Waals surface area contributed by atoms with Crippen LogP contribution in [0.1, 0.15) is 51.2 Å². The van der Waals surface area contributed by atoms with Crippen molar-refractivity contribution in [2.45, 2.75) is 53.1 Å². The van der Waals surface area contributed by atoms with Crippen LogP contribution in [0.4, 0.5) is 0 Å². The van der Waals surface area contributed by atoms with Gasteiger partial charge in [0, 0.05) is 17.9 Å². The second kappa shape index (κ2) is 5.74. The van der Waals surface area contributed by atoms with Crippen LogP contribution in [0.2, 0.25) is 0 Å². The first-order chi connectivity index (χ1) is 7.98. The maximum absolute atomic E-state index is 5.82. The quantitative estimate of drug-likeness (QED) is 0.815. The van der Waals surface area contributed by atoms with Gasteiger partial charge >= 0.3 is 0 Å². The molecule has 17 heavy (non-hydrogen) atoms. The van der Waals surface area contributed by atoms with Crippen LogP contribution in [0.5, 0.6) is 0 Å². The zero-order valence-corrected chi connectivity index (χ0v) is 12.2. The SMILES string of the molecule is CCOC(C)(CC)c1nc(=S)c(C)c(CC)[nH]1. The van der Waals surface area contributed by atoms with Crippen molar-refractivity contribution in [1.29, 1.82) is 0 Å². The third kappa shape index (κ3) is 2.93. The maximum Gasteiger partial charge on any atom is 0.140 e. The van der Waals surface area contributed by atoms with Gasteiger partial charge in [-0.2, -0.15) is 0 Å². The molecule has 0 aliphatic carbocycles. The van der Waals surface area contributed by atoms with Crippen LogP contribution in [-0.2, 0) is 16.8 Å². The fourth-order valence-corrected chi connectivity index (χ4v) is 2.05. The van der Waals surface area contributed by atoms with Crippen LogP contribution in [-0.4, -0.2) is 16.6 Å². The zero-order chi connectivity index (χ0) is 13.1. The normalized spacial score (nSPS) is 14.6. The second-order valence-corrected chi connectivity index (χ2v) is 4.75. The number of hydrogen-bond donors (Lipinski definition) is 1. The van der Waals surface area contributed by atoms with Gasteiger partial charge in [0.15, 0.2) is 0 Å². The van der Waals surface area contributed by atoms with E-state index in [1.165, 1.54) is 0 Å². The Morgan fingerprint density at radius 1 is 1.35 bits per heavy atom. The molecule has 1 unspecified atom stereocenters. The van der Waals surface area contributed by atoms with Crippen molar-refractivity contribution in [2.75, 3.05) is 6.61 Å². The summed E-state index contributed by atoms with van der Waals surface area (Å²) in [6.45, 7) is 10.9. The molecule has 1 aromatic heterocycles. The first-order valence-corrected chi connectivity index (χ1v) is 6.63. The van der Waals surface area contributed by atoms with Gasteiger partial charge in [-0.1, -0.05) is 26.1 Å². The molecular formula is C13H22N2OS. The molecule has 1 N–H and O–H groups in total. The largest absolute Gasteiger partial charge is 0.368 e. The average Bonchev–Trinajstić information content (AvgIpc) is 2.32. The molecule has 0 radical (unpaired) electrons. The van der Waals surface area contributed by atoms with Crippen molar-refractivity contribution in [1.82, 2.24) is 9.97 Å². The number of hydrogen-bond acceptors (Lipinski definition) is 3. The van der Waals surface area contributed by atoms with Crippen molar-refractivity contribution < 1.29 is 4.74 Å². The van der Waals surface area contributed by atoms with Crippen LogP contribution in [0.15, 0.2) is 0 Å². The van der Waals surface area contributed by atoms with Crippen LogP contribution >= 0.6 is 12.2 Å². The summed E-state index contributed by atoms with van der Waals surface area (Å²) < 4.78 is 6.49. The van der Waals surface area contributed by atoms with Crippen LogP contribution in [0, 0.1) is 11.6 Å². The lowest BCUT2D eigenvalue weighted by atomic mass is 10.0. The Labute approximate surface area is 109 Å². The van der Waals surface area contributed by atoms with E-state index in [4.69, 9.17) is 17.0 Å². The molecule has 0 aliphatic heterocycles. The average molecular weight is 254 g/mol. The maximum atomic E-state index is 5.82. The summed E-state index contributed by atoms with van der Waals surface area (Å²) in [5.74, 6) is 0.842. The van der Waals surface area contributed by atoms with Crippen molar-refractivity contribution >= 4 is 12.2 Å². The molecule has 0 saturated carbocycles. The Morgan fingerprint density at radius 2 is 2.00 bits per heavy atom. The van der Waals surface area contributed by atoms with Gasteiger partial charge in [-0.05, 0) is 33.6 Å². The van der Waals surface area contributed by atoms with E-state index < -0.39 is 0 Å². The minimum atomic E-state index is -0.375. The molecular weight excluding hydrogens is 232 g/mol. The van der Waals surface area contributed by atoms with Crippen molar-refractivity contribution in [3.05, 3.63) is 21.7 Å². The Balaban J connectivity index is 3.31. The summed E-state index contributed by atoms with van der Waals surface area (Å²) in [5, 5.41) is 0. The van der Waals surface area contributed by atoms with Gasteiger partial charge in [-0.3, -0.25) is 0 Å². The smallest absolute Gasteiger partial charge is 0.140 e. The number of rotatable bonds is 5. The standard InChI is InChI=1S/C13H22N2OS/c1-6-10-9(4)11(17)15-12(14-10)13(5,7-2)16-8-3/h6-8H2,1-5H3,(H,14,15,17). The summed E-state index contributed by atoms with van der Waals surface area (Å²) in [6.07, 6.45) is 1.79. The molecule has 0 saturated heterocycles. The van der Waals surface area contributed by atoms with E-state index in [1.54, 1.807) is 0 Å². The first kappa shape index (κ1) is 14.3. The van der Waals surface area contributed by atoms with Gasteiger partial charge in [-0.15, -0.1) is 0 Å². The molecule has 1 atom stereocenters. The Morgan fingerprint density at radius 3 is 2.47 bits per heavy atom. The molecule has 3 nitrogen and oxygen atoms in total. The number of nitrogens with one attached hydrogen (secondary N) is 1. The summed E-state index contributed by atoms with van der Waals surface area (Å²) >= 11 is 5.31. The highest BCUT2D eigenvalue weighted by molar-refractivity contribution is 7.71. The van der Waals surface area contributed by atoms with Crippen LogP contribution < -0.4 is 0 Å². The minimum Gasteiger partial charge on any atom is -0.368 e. The fourth-order valence-electron chi connectivity index (χ4n) is 1.84. The Bertz CT molecular complexity index is 442. The predicted molar refractivity (Wildman–Crippen MR) is 72.8 cm³/mol. The van der Waals surface area contributed by atoms with Crippen molar-refractivity contribution in [2.24, 2.45) is 0 Å². The minimum absolute atomic E-state index is 0.375. The third-order valence-corrected chi connectivity index (χ3v) is 3.65. The lowest BCUT2D eigenvalue weighted by Gasteiger charge is -2.27. The molecule has 4 heteroatoms. The number of ether oxygens (including phenoxy) is 1. The van der Waals surface area contributed by atoms with Crippen LogP contribution in [0.3, 0.4) is 0 Å². The molecule has 0 aromatic carbocycles. The van der Waals surface area contributed by atoms with E-state index in [-0.39, 0.29) is 5.60 Å². The van der Waals surface area contributed by atoms with Gasteiger partial charge in [0.1, 0.15) is 16.1 Å². The van der Waals surface area contributed by atoms with Crippen molar-refractivity contribution in [3.8, 4) is 0 Å². The molecule has 1 aromatic rings. The summed E-state index contributed by atoms with van der Waals surface area (Å²) in [7, 11) is 0. The van der Waals surface area contributed by atoms with E-state index in [9.17, 15) is 0 Å². The van der Waals surface area contributed by atoms with Gasteiger partial charge in [-0.25, -0.2) is 4.98 Å². The predicted octanol–water partition coefficient (Wildman–Crippen LogP) is 3.67. The number of aromatic amines is 1. The zero-order valence-electron chi connectivity index (χ0n) is 11.4. The third-order valence-electron chi connectivity index (χ3n) is 3.25. The molecule has 0 aliphatic rings. The first-order valence-electron chi connectivity index (χ1n) is 6.22. The molecule has 96 valence electrons. The van der Waals surface area contributed by atoms with E-state index in [0.29, 0.717) is 11.2 Å². The lowest BCUT2D eigenvalue weighted by molar-refractivity contribution is -0.0392. The number of nitrogens with zero attached hydrogens (tertiary/aromatic N) is 1. The lowest BCUT2D eigenvalue weighted by Crippen LogP contribution is -2.28. The van der Waals surface area contributed by atoms with Crippen LogP contribution in [0.25, 0.3) is 0 Å². The van der Waals surface area contributed by atoms with E-state index in [0.717, 1.165) is 29.9 Å². The Kier molecular flexibility index (Phi) is 4.83. The van der Waals surface area contributed by atoms with Crippen molar-refractivity contribution in [3.63, 3.8) is 0 Å². The number of aryl methyl sites for hydroxylation is 1. The monoisotopic (exact) mass is 254 g/mol. The highest BCUT2D eigenvalue weighted by atomic mass is 32.1.